The van der Waals surface area contributed by atoms with Gasteiger partial charge in [0.15, 0.2) is 0 Å². The van der Waals surface area contributed by atoms with Gasteiger partial charge in [-0.3, -0.25) is 0 Å². The van der Waals surface area contributed by atoms with E-state index in [0.29, 0.717) is 5.92 Å². The molecule has 4 rings (SSSR count). The van der Waals surface area contributed by atoms with E-state index in [1.54, 1.807) is 0 Å². The van der Waals surface area contributed by atoms with Crippen molar-refractivity contribution in [2.24, 2.45) is 5.92 Å². The van der Waals surface area contributed by atoms with E-state index in [-0.39, 0.29) is 12.1 Å². The lowest BCUT2D eigenvalue weighted by Gasteiger charge is -2.38. The van der Waals surface area contributed by atoms with Crippen LogP contribution in [-0.2, 0) is 0 Å². The minimum Gasteiger partial charge on any atom is -0.367 e. The average Bonchev–Trinajstić information content (AvgIpc) is 2.74. The maximum Gasteiger partial charge on any atom is 0.317 e. The van der Waals surface area contributed by atoms with Crippen molar-refractivity contribution in [3.05, 3.63) is 42.5 Å². The van der Waals surface area contributed by atoms with Crippen LogP contribution < -0.4 is 10.2 Å². The summed E-state index contributed by atoms with van der Waals surface area (Å²) in [5.74, 6) is 0.595. The molecule has 0 aliphatic carbocycles. The van der Waals surface area contributed by atoms with E-state index in [2.05, 4.69) is 71.6 Å². The molecule has 2 heterocycles. The smallest absolute Gasteiger partial charge is 0.317 e. The number of carbonyl (C=O) groups is 1. The van der Waals surface area contributed by atoms with Crippen molar-refractivity contribution < 1.29 is 4.79 Å². The Morgan fingerprint density at radius 2 is 1.64 bits per heavy atom. The van der Waals surface area contributed by atoms with Crippen molar-refractivity contribution in [2.45, 2.75) is 25.8 Å². The van der Waals surface area contributed by atoms with E-state index < -0.39 is 0 Å². The van der Waals surface area contributed by atoms with Crippen LogP contribution in [0, 0.1) is 5.92 Å². The topological polar surface area (TPSA) is 38.8 Å². The number of likely N-dealkylation sites (tertiary alicyclic amines) is 1. The summed E-state index contributed by atoms with van der Waals surface area (Å²) in [5.41, 5.74) is 1.28. The molecule has 1 unspecified atom stereocenters. The lowest BCUT2D eigenvalue weighted by atomic mass is 9.90. The lowest BCUT2D eigenvalue weighted by Crippen LogP contribution is -2.54. The Balaban J connectivity index is 1.33. The molecular formula is C23H32N4O. The summed E-state index contributed by atoms with van der Waals surface area (Å²) < 4.78 is 0. The Hall–Kier alpha value is -2.27. The third kappa shape index (κ3) is 4.09. The predicted octanol–water partition coefficient (Wildman–Crippen LogP) is 3.40. The Kier molecular flexibility index (Phi) is 5.72. The maximum atomic E-state index is 12.8. The Morgan fingerprint density at radius 3 is 2.39 bits per heavy atom. The van der Waals surface area contributed by atoms with Crippen LogP contribution in [0.5, 0.6) is 0 Å². The summed E-state index contributed by atoms with van der Waals surface area (Å²) in [4.78, 5) is 19.5. The molecule has 0 radical (unpaired) electrons. The number of hydrogen-bond donors (Lipinski definition) is 1. The van der Waals surface area contributed by atoms with Crippen molar-refractivity contribution in [3.8, 4) is 0 Å². The van der Waals surface area contributed by atoms with Gasteiger partial charge >= 0.3 is 6.03 Å². The van der Waals surface area contributed by atoms with Crippen LogP contribution in [0.1, 0.15) is 19.8 Å². The summed E-state index contributed by atoms with van der Waals surface area (Å²) in [5, 5.41) is 5.83. The number of carbonyl (C=O) groups excluding carboxylic acids is 1. The zero-order valence-electron chi connectivity index (χ0n) is 17.1. The number of fused-ring (bicyclic) bond motifs is 1. The highest BCUT2D eigenvalue weighted by Gasteiger charge is 2.27. The molecule has 0 aromatic heterocycles. The molecule has 2 aliphatic rings. The molecule has 2 amide bonds. The van der Waals surface area contributed by atoms with Gasteiger partial charge in [0.05, 0.1) is 0 Å². The second kappa shape index (κ2) is 8.39. The number of rotatable bonds is 3. The first-order valence-corrected chi connectivity index (χ1v) is 10.6. The number of amides is 2. The van der Waals surface area contributed by atoms with E-state index in [1.165, 1.54) is 29.3 Å². The van der Waals surface area contributed by atoms with Gasteiger partial charge in [-0.05, 0) is 57.3 Å². The van der Waals surface area contributed by atoms with Gasteiger partial charge in [0.25, 0.3) is 0 Å². The number of hydrogen-bond acceptors (Lipinski definition) is 3. The zero-order valence-corrected chi connectivity index (χ0v) is 17.1. The summed E-state index contributed by atoms with van der Waals surface area (Å²) in [7, 11) is 2.18. The third-order valence-corrected chi connectivity index (χ3v) is 6.50. The molecule has 2 aromatic carbocycles. The van der Waals surface area contributed by atoms with E-state index in [9.17, 15) is 4.79 Å². The van der Waals surface area contributed by atoms with Crippen LogP contribution in [0.4, 0.5) is 10.5 Å². The van der Waals surface area contributed by atoms with Gasteiger partial charge in [-0.15, -0.1) is 0 Å². The second-order valence-corrected chi connectivity index (χ2v) is 8.35. The Morgan fingerprint density at radius 1 is 0.964 bits per heavy atom. The van der Waals surface area contributed by atoms with E-state index in [0.717, 1.165) is 39.3 Å². The van der Waals surface area contributed by atoms with Crippen molar-refractivity contribution in [3.63, 3.8) is 0 Å². The minimum atomic E-state index is 0.101. The van der Waals surface area contributed by atoms with Crippen LogP contribution in [0.15, 0.2) is 42.5 Å². The largest absolute Gasteiger partial charge is 0.367 e. The highest BCUT2D eigenvalue weighted by Crippen LogP contribution is 2.27. The Bertz CT molecular complexity index is 802. The second-order valence-electron chi connectivity index (χ2n) is 8.35. The first-order chi connectivity index (χ1) is 13.6. The normalized spacial score (nSPS) is 20.4. The number of urea groups is 1. The predicted molar refractivity (Wildman–Crippen MR) is 116 cm³/mol. The van der Waals surface area contributed by atoms with Crippen molar-refractivity contribution in [1.29, 1.82) is 0 Å². The molecular weight excluding hydrogens is 348 g/mol. The first-order valence-electron chi connectivity index (χ1n) is 10.6. The molecule has 0 bridgehead atoms. The SMILES string of the molecule is CC(NC(=O)N1CCN(c2cccc3ccccc23)CC1)C1CCN(C)CC1. The number of nitrogens with one attached hydrogen (secondary N) is 1. The number of piperazine rings is 1. The molecule has 5 heteroatoms. The van der Waals surface area contributed by atoms with Gasteiger partial charge in [0.1, 0.15) is 0 Å². The molecule has 150 valence electrons. The molecule has 5 nitrogen and oxygen atoms in total. The van der Waals surface area contributed by atoms with Crippen LogP contribution >= 0.6 is 0 Å². The van der Waals surface area contributed by atoms with Crippen molar-refractivity contribution in [2.75, 3.05) is 51.2 Å². The minimum absolute atomic E-state index is 0.101. The summed E-state index contributed by atoms with van der Waals surface area (Å²) >= 11 is 0. The fraction of sp³-hybridized carbons (Fsp3) is 0.522. The van der Waals surface area contributed by atoms with Crippen LogP contribution in [0.25, 0.3) is 10.8 Å². The average molecular weight is 381 g/mol. The molecule has 2 saturated heterocycles. The van der Waals surface area contributed by atoms with Gasteiger partial charge in [-0.1, -0.05) is 36.4 Å². The summed E-state index contributed by atoms with van der Waals surface area (Å²) in [6.07, 6.45) is 2.35. The molecule has 2 fully saturated rings. The number of nitrogens with zero attached hydrogens (tertiary/aromatic N) is 3. The maximum absolute atomic E-state index is 12.8. The molecule has 2 aromatic rings. The highest BCUT2D eigenvalue weighted by atomic mass is 16.2. The molecule has 1 atom stereocenters. The van der Waals surface area contributed by atoms with Crippen LogP contribution in [-0.4, -0.2) is 68.2 Å². The highest BCUT2D eigenvalue weighted by molar-refractivity contribution is 5.94. The van der Waals surface area contributed by atoms with Crippen LogP contribution in [0.2, 0.25) is 0 Å². The van der Waals surface area contributed by atoms with Gasteiger partial charge < -0.3 is 20.0 Å². The first kappa shape index (κ1) is 19.1. The van der Waals surface area contributed by atoms with Gasteiger partial charge in [-0.2, -0.15) is 0 Å². The molecule has 0 saturated carbocycles. The Labute approximate surface area is 168 Å². The van der Waals surface area contributed by atoms with Gasteiger partial charge in [0, 0.05) is 43.3 Å². The van der Waals surface area contributed by atoms with Crippen molar-refractivity contribution >= 4 is 22.5 Å². The monoisotopic (exact) mass is 380 g/mol. The summed E-state index contributed by atoms with van der Waals surface area (Å²) in [6, 6.07) is 15.4. The van der Waals surface area contributed by atoms with Gasteiger partial charge in [-0.25, -0.2) is 4.79 Å². The van der Waals surface area contributed by atoms with E-state index in [1.807, 2.05) is 4.90 Å². The fourth-order valence-electron chi connectivity index (χ4n) is 4.57. The van der Waals surface area contributed by atoms with Gasteiger partial charge in [0.2, 0.25) is 0 Å². The molecule has 0 spiro atoms. The molecule has 1 N–H and O–H groups in total. The number of piperidine rings is 1. The standard InChI is InChI=1S/C23H32N4O/c1-18(19-10-12-25(2)13-11-19)24-23(28)27-16-14-26(15-17-27)22-9-5-7-20-6-3-4-8-21(20)22/h3-9,18-19H,10-17H2,1-2H3,(H,24,28). The summed E-state index contributed by atoms with van der Waals surface area (Å²) in [6.45, 7) is 7.74. The van der Waals surface area contributed by atoms with E-state index >= 15 is 0 Å². The third-order valence-electron chi connectivity index (χ3n) is 6.50. The lowest BCUT2D eigenvalue weighted by molar-refractivity contribution is 0.167. The molecule has 2 aliphatic heterocycles. The van der Waals surface area contributed by atoms with Crippen LogP contribution in [0.3, 0.4) is 0 Å². The zero-order chi connectivity index (χ0) is 19.5. The fourth-order valence-corrected chi connectivity index (χ4v) is 4.57. The number of anilines is 1. The van der Waals surface area contributed by atoms with Crippen molar-refractivity contribution in [1.82, 2.24) is 15.1 Å². The van der Waals surface area contributed by atoms with E-state index in [4.69, 9.17) is 0 Å². The molecule has 28 heavy (non-hydrogen) atoms. The number of benzene rings is 2. The quantitative estimate of drug-likeness (QED) is 0.887.